The molecule has 21 heavy (non-hydrogen) atoms. The second kappa shape index (κ2) is 5.55. The van der Waals surface area contributed by atoms with Gasteiger partial charge in [-0.1, -0.05) is 16.8 Å². The molecule has 0 aliphatic rings. The van der Waals surface area contributed by atoms with Gasteiger partial charge >= 0.3 is 0 Å². The normalized spacial score (nSPS) is 11.0. The van der Waals surface area contributed by atoms with E-state index in [0.29, 0.717) is 18.1 Å². The lowest BCUT2D eigenvalue weighted by Crippen LogP contribution is -2.30. The number of hydrogen-bond donors (Lipinski definition) is 2. The highest BCUT2D eigenvalue weighted by Crippen LogP contribution is 2.20. The number of carbonyl (C=O) groups excluding carboxylic acids is 1. The number of amides is 1. The third-order valence-electron chi connectivity index (χ3n) is 3.21. The van der Waals surface area contributed by atoms with Crippen molar-refractivity contribution in [3.05, 3.63) is 47.4 Å². The van der Waals surface area contributed by atoms with Crippen LogP contribution in [0.4, 0.5) is 0 Å². The van der Waals surface area contributed by atoms with Gasteiger partial charge in [-0.15, -0.1) is 5.10 Å². The van der Waals surface area contributed by atoms with Gasteiger partial charge in [0.2, 0.25) is 0 Å². The number of rotatable bonds is 4. The molecule has 2 aromatic heterocycles. The molecule has 0 fully saturated rings. The highest BCUT2D eigenvalue weighted by molar-refractivity contribution is 6.31. The number of halogens is 1. The number of hydrazine groups is 1. The monoisotopic (exact) mass is 304 g/mol. The van der Waals surface area contributed by atoms with Crippen molar-refractivity contribution in [1.82, 2.24) is 25.0 Å². The third-order valence-corrected chi connectivity index (χ3v) is 3.44. The van der Waals surface area contributed by atoms with E-state index in [1.165, 1.54) is 0 Å². The van der Waals surface area contributed by atoms with Crippen molar-refractivity contribution in [2.75, 3.05) is 0 Å². The number of nitrogens with zero attached hydrogens (tertiary/aromatic N) is 4. The first kappa shape index (κ1) is 13.6. The molecule has 7 nitrogen and oxygen atoms in total. The standard InChI is InChI=1S/C13H13ClN6O/c14-10-1-2-12-9(7-10)3-4-19(12)5-6-20-8-11(17-18-20)13(21)16-15/h1-4,7-8H,5-6,15H2,(H,16,21). The molecular weight excluding hydrogens is 292 g/mol. The molecule has 8 heteroatoms. The molecule has 3 aromatic rings. The van der Waals surface area contributed by atoms with Crippen LogP contribution in [0.3, 0.4) is 0 Å². The van der Waals surface area contributed by atoms with Gasteiger partial charge in [0.1, 0.15) is 0 Å². The van der Waals surface area contributed by atoms with E-state index in [2.05, 4.69) is 14.9 Å². The molecular formula is C13H13ClN6O. The van der Waals surface area contributed by atoms with Gasteiger partial charge in [-0.25, -0.2) is 10.5 Å². The number of aryl methyl sites for hydroxylation is 2. The minimum Gasteiger partial charge on any atom is -0.346 e. The zero-order valence-electron chi connectivity index (χ0n) is 11.0. The summed E-state index contributed by atoms with van der Waals surface area (Å²) in [6.07, 6.45) is 3.55. The SMILES string of the molecule is NNC(=O)c1cn(CCn2ccc3cc(Cl)ccc32)nn1. The van der Waals surface area contributed by atoms with Crippen LogP contribution in [0.15, 0.2) is 36.7 Å². The van der Waals surface area contributed by atoms with Crippen molar-refractivity contribution in [1.29, 1.82) is 0 Å². The molecule has 0 radical (unpaired) electrons. The van der Waals surface area contributed by atoms with Crippen molar-refractivity contribution in [3.63, 3.8) is 0 Å². The molecule has 108 valence electrons. The first-order valence-electron chi connectivity index (χ1n) is 6.33. The highest BCUT2D eigenvalue weighted by Gasteiger charge is 2.09. The molecule has 0 spiro atoms. The number of nitrogens with two attached hydrogens (primary N) is 1. The van der Waals surface area contributed by atoms with E-state index in [4.69, 9.17) is 17.4 Å². The van der Waals surface area contributed by atoms with Crippen LogP contribution in [-0.4, -0.2) is 25.5 Å². The zero-order valence-corrected chi connectivity index (χ0v) is 11.8. The van der Waals surface area contributed by atoms with E-state index in [1.807, 2.05) is 35.9 Å². The van der Waals surface area contributed by atoms with Crippen LogP contribution in [0, 0.1) is 0 Å². The van der Waals surface area contributed by atoms with Gasteiger partial charge in [-0.3, -0.25) is 10.2 Å². The van der Waals surface area contributed by atoms with Gasteiger partial charge in [-0.2, -0.15) is 0 Å². The van der Waals surface area contributed by atoms with Gasteiger partial charge in [0.05, 0.1) is 12.7 Å². The molecule has 0 unspecified atom stereocenters. The maximum atomic E-state index is 11.3. The summed E-state index contributed by atoms with van der Waals surface area (Å²) in [7, 11) is 0. The van der Waals surface area contributed by atoms with E-state index in [0.717, 1.165) is 10.9 Å². The van der Waals surface area contributed by atoms with Crippen LogP contribution in [0.25, 0.3) is 10.9 Å². The van der Waals surface area contributed by atoms with E-state index in [-0.39, 0.29) is 5.69 Å². The van der Waals surface area contributed by atoms with Crippen LogP contribution in [0.5, 0.6) is 0 Å². The number of nitrogen functional groups attached to an aromatic ring is 1. The largest absolute Gasteiger partial charge is 0.346 e. The van der Waals surface area contributed by atoms with Crippen molar-refractivity contribution >= 4 is 28.4 Å². The Labute approximate surface area is 125 Å². The summed E-state index contributed by atoms with van der Waals surface area (Å²) < 4.78 is 3.70. The highest BCUT2D eigenvalue weighted by atomic mass is 35.5. The van der Waals surface area contributed by atoms with Gasteiger partial charge < -0.3 is 4.57 Å². The number of hydrogen-bond acceptors (Lipinski definition) is 4. The Bertz CT molecular complexity index is 793. The average Bonchev–Trinajstić information content (AvgIpc) is 3.10. The molecule has 3 N–H and O–H groups in total. The van der Waals surface area contributed by atoms with Crippen molar-refractivity contribution in [3.8, 4) is 0 Å². The fourth-order valence-corrected chi connectivity index (χ4v) is 2.34. The quantitative estimate of drug-likeness (QED) is 0.430. The molecule has 3 rings (SSSR count). The van der Waals surface area contributed by atoms with Gasteiger partial charge in [0, 0.05) is 28.7 Å². The summed E-state index contributed by atoms with van der Waals surface area (Å²) in [5.41, 5.74) is 3.31. The lowest BCUT2D eigenvalue weighted by molar-refractivity contribution is 0.0948. The first-order valence-corrected chi connectivity index (χ1v) is 6.70. The van der Waals surface area contributed by atoms with Crippen LogP contribution in [-0.2, 0) is 13.1 Å². The minimum absolute atomic E-state index is 0.196. The summed E-state index contributed by atoms with van der Waals surface area (Å²) in [6, 6.07) is 7.77. The molecule has 2 heterocycles. The van der Waals surface area contributed by atoms with Crippen molar-refractivity contribution in [2.24, 2.45) is 5.84 Å². The van der Waals surface area contributed by atoms with Crippen LogP contribution in [0.1, 0.15) is 10.5 Å². The predicted octanol–water partition coefficient (Wildman–Crippen LogP) is 1.19. The molecule has 0 bridgehead atoms. The van der Waals surface area contributed by atoms with Crippen molar-refractivity contribution < 1.29 is 4.79 Å². The van der Waals surface area contributed by atoms with E-state index in [9.17, 15) is 4.79 Å². The summed E-state index contributed by atoms with van der Waals surface area (Å²) in [5.74, 6) is 4.59. The van der Waals surface area contributed by atoms with E-state index < -0.39 is 5.91 Å². The fourth-order valence-electron chi connectivity index (χ4n) is 2.16. The van der Waals surface area contributed by atoms with E-state index >= 15 is 0 Å². The fraction of sp³-hybridized carbons (Fsp3) is 0.154. The minimum atomic E-state index is -0.456. The number of nitrogens with one attached hydrogen (secondary N) is 1. The van der Waals surface area contributed by atoms with Crippen molar-refractivity contribution in [2.45, 2.75) is 13.1 Å². The Balaban J connectivity index is 1.74. The first-order chi connectivity index (χ1) is 10.2. The molecule has 1 amide bonds. The third kappa shape index (κ3) is 2.74. The Morgan fingerprint density at radius 3 is 3.00 bits per heavy atom. The molecule has 0 saturated heterocycles. The molecule has 1 aromatic carbocycles. The maximum Gasteiger partial charge on any atom is 0.287 e. The maximum absolute atomic E-state index is 11.3. The number of carbonyl (C=O) groups is 1. The summed E-state index contributed by atoms with van der Waals surface area (Å²) in [4.78, 5) is 11.3. The summed E-state index contributed by atoms with van der Waals surface area (Å²) in [6.45, 7) is 1.30. The average molecular weight is 305 g/mol. The van der Waals surface area contributed by atoms with Gasteiger partial charge in [-0.05, 0) is 24.3 Å². The Morgan fingerprint density at radius 1 is 1.33 bits per heavy atom. The smallest absolute Gasteiger partial charge is 0.287 e. The Morgan fingerprint density at radius 2 is 2.19 bits per heavy atom. The predicted molar refractivity (Wildman–Crippen MR) is 78.6 cm³/mol. The summed E-state index contributed by atoms with van der Waals surface area (Å²) >= 11 is 5.97. The van der Waals surface area contributed by atoms with Crippen LogP contribution in [0.2, 0.25) is 5.02 Å². The number of benzene rings is 1. The Hall–Kier alpha value is -2.38. The topological polar surface area (TPSA) is 90.8 Å². The summed E-state index contributed by atoms with van der Waals surface area (Å²) in [5, 5.41) is 9.45. The van der Waals surface area contributed by atoms with Gasteiger partial charge in [0.25, 0.3) is 5.91 Å². The zero-order chi connectivity index (χ0) is 14.8. The Kier molecular flexibility index (Phi) is 3.59. The lowest BCUT2D eigenvalue weighted by atomic mass is 10.2. The molecule has 0 aliphatic carbocycles. The molecule has 0 atom stereocenters. The molecule has 0 aliphatic heterocycles. The van der Waals surface area contributed by atoms with Crippen LogP contribution < -0.4 is 11.3 Å². The second-order valence-corrected chi connectivity index (χ2v) is 4.99. The van der Waals surface area contributed by atoms with E-state index in [1.54, 1.807) is 10.9 Å². The number of aromatic nitrogens is 4. The number of fused-ring (bicyclic) bond motifs is 1. The van der Waals surface area contributed by atoms with Crippen LogP contribution >= 0.6 is 11.6 Å². The van der Waals surface area contributed by atoms with Gasteiger partial charge in [0.15, 0.2) is 5.69 Å². The second-order valence-electron chi connectivity index (χ2n) is 4.55. The lowest BCUT2D eigenvalue weighted by Gasteiger charge is -2.05. The molecule has 0 saturated carbocycles.